The molecule has 0 fully saturated rings. The minimum Gasteiger partial charge on any atom is -0.295 e. The predicted molar refractivity (Wildman–Crippen MR) is 78.9 cm³/mol. The van der Waals surface area contributed by atoms with Crippen molar-refractivity contribution in [2.45, 2.75) is 12.5 Å². The van der Waals surface area contributed by atoms with Gasteiger partial charge >= 0.3 is 5.69 Å². The molecule has 1 aromatic carbocycles. The van der Waals surface area contributed by atoms with Crippen LogP contribution in [0.5, 0.6) is 0 Å². The summed E-state index contributed by atoms with van der Waals surface area (Å²) in [6.07, 6.45) is 4.45. The smallest absolute Gasteiger partial charge is 0.295 e. The first-order valence-corrected chi connectivity index (χ1v) is 6.73. The number of carbonyl (C=O) groups excluding carboxylic acids is 2. The zero-order chi connectivity index (χ0) is 15.7. The first-order valence-electron chi connectivity index (χ1n) is 6.73. The van der Waals surface area contributed by atoms with Gasteiger partial charge < -0.3 is 0 Å². The minimum absolute atomic E-state index is 0.0935. The number of aromatic nitrogens is 2. The Bertz CT molecular complexity index is 890. The summed E-state index contributed by atoms with van der Waals surface area (Å²) in [7, 11) is 0. The number of hydrogen-bond donors (Lipinski definition) is 0. The maximum Gasteiger partial charge on any atom is 0.338 e. The van der Waals surface area contributed by atoms with E-state index in [0.717, 1.165) is 6.07 Å². The lowest BCUT2D eigenvalue weighted by Gasteiger charge is -2.13. The molecule has 0 unspecified atom stereocenters. The molecule has 0 aliphatic heterocycles. The summed E-state index contributed by atoms with van der Waals surface area (Å²) in [5, 5.41) is 0. The molecule has 6 heteroatoms. The first kappa shape index (κ1) is 13.9. The van der Waals surface area contributed by atoms with Crippen LogP contribution in [-0.4, -0.2) is 20.8 Å². The molecule has 1 atom stereocenters. The summed E-state index contributed by atoms with van der Waals surface area (Å²) < 4.78 is 1.82. The summed E-state index contributed by atoms with van der Waals surface area (Å²) in [4.78, 5) is 48.1. The van der Waals surface area contributed by atoms with Gasteiger partial charge in [0.05, 0.1) is 6.04 Å². The molecule has 0 bridgehead atoms. The Kier molecular flexibility index (Phi) is 3.42. The summed E-state index contributed by atoms with van der Waals surface area (Å²) in [5.74, 6) is -0.776. The molecular weight excluding hydrogens is 284 g/mol. The third-order valence-corrected chi connectivity index (χ3v) is 3.51. The highest BCUT2D eigenvalue weighted by Gasteiger charge is 2.22. The Morgan fingerprint density at radius 2 is 1.77 bits per heavy atom. The van der Waals surface area contributed by atoms with E-state index in [1.807, 2.05) is 0 Å². The van der Waals surface area contributed by atoms with Gasteiger partial charge in [-0.15, -0.1) is 0 Å². The van der Waals surface area contributed by atoms with E-state index < -0.39 is 23.2 Å². The molecule has 22 heavy (non-hydrogen) atoms. The normalized spacial score (nSPS) is 16.9. The van der Waals surface area contributed by atoms with Gasteiger partial charge in [0.15, 0.2) is 5.78 Å². The Labute approximate surface area is 124 Å². The second-order valence-corrected chi connectivity index (χ2v) is 4.95. The molecule has 6 nitrogen and oxygen atoms in total. The van der Waals surface area contributed by atoms with Crippen molar-refractivity contribution in [2.24, 2.45) is 0 Å². The summed E-state index contributed by atoms with van der Waals surface area (Å²) >= 11 is 0. The van der Waals surface area contributed by atoms with Gasteiger partial charge in [0.1, 0.15) is 0 Å². The first-order chi connectivity index (χ1) is 10.6. The van der Waals surface area contributed by atoms with Gasteiger partial charge in [-0.3, -0.25) is 19.0 Å². The summed E-state index contributed by atoms with van der Waals surface area (Å²) in [6, 6.07) is 8.79. The van der Waals surface area contributed by atoms with E-state index in [-0.39, 0.29) is 17.8 Å². The number of allylic oxidation sites excluding steroid dienone is 2. The van der Waals surface area contributed by atoms with Gasteiger partial charge in [-0.1, -0.05) is 24.3 Å². The van der Waals surface area contributed by atoms with Crippen LogP contribution in [0.25, 0.3) is 0 Å². The Morgan fingerprint density at radius 1 is 1.05 bits per heavy atom. The van der Waals surface area contributed by atoms with Crippen LogP contribution in [0, 0.1) is 0 Å². The summed E-state index contributed by atoms with van der Waals surface area (Å²) in [6.45, 7) is 0. The standard InChI is InChI=1S/C16H12N2O4/c19-13-7-6-12(10-13)17-9-8-14(20)18(16(17)22)15(21)11-4-2-1-3-5-11/h1-9,12H,10H2/t12-/m0/s1. The number of rotatable bonds is 2. The topological polar surface area (TPSA) is 78.1 Å². The molecule has 110 valence electrons. The van der Waals surface area contributed by atoms with Crippen molar-refractivity contribution < 1.29 is 9.59 Å². The molecule has 0 N–H and O–H groups in total. The van der Waals surface area contributed by atoms with Crippen molar-refractivity contribution in [3.05, 3.63) is 81.1 Å². The van der Waals surface area contributed by atoms with Crippen LogP contribution in [-0.2, 0) is 4.79 Å². The van der Waals surface area contributed by atoms with Gasteiger partial charge in [-0.25, -0.2) is 4.79 Å². The highest BCUT2D eigenvalue weighted by Crippen LogP contribution is 2.17. The van der Waals surface area contributed by atoms with Gasteiger partial charge in [-0.05, 0) is 18.2 Å². The number of nitrogens with zero attached hydrogens (tertiary/aromatic N) is 2. The molecule has 1 aliphatic rings. The second kappa shape index (κ2) is 5.40. The molecule has 0 amide bonds. The van der Waals surface area contributed by atoms with E-state index in [4.69, 9.17) is 0 Å². The second-order valence-electron chi connectivity index (χ2n) is 4.95. The minimum atomic E-state index is -0.745. The molecule has 0 radical (unpaired) electrons. The molecule has 0 spiro atoms. The fourth-order valence-corrected chi connectivity index (χ4v) is 2.39. The van der Waals surface area contributed by atoms with Crippen molar-refractivity contribution in [1.29, 1.82) is 0 Å². The van der Waals surface area contributed by atoms with Crippen LogP contribution in [0.3, 0.4) is 0 Å². The largest absolute Gasteiger partial charge is 0.338 e. The number of hydrogen-bond acceptors (Lipinski definition) is 4. The molecular formula is C16H12N2O4. The highest BCUT2D eigenvalue weighted by atomic mass is 16.2. The van der Waals surface area contributed by atoms with Gasteiger partial charge in [0.2, 0.25) is 0 Å². The van der Waals surface area contributed by atoms with E-state index in [0.29, 0.717) is 4.57 Å². The van der Waals surface area contributed by atoms with Gasteiger partial charge in [0, 0.05) is 24.2 Å². The Morgan fingerprint density at radius 3 is 2.41 bits per heavy atom. The van der Waals surface area contributed by atoms with E-state index in [2.05, 4.69) is 0 Å². The molecule has 3 rings (SSSR count). The lowest BCUT2D eigenvalue weighted by Crippen LogP contribution is -2.43. The van der Waals surface area contributed by atoms with Crippen molar-refractivity contribution in [3.63, 3.8) is 0 Å². The van der Waals surface area contributed by atoms with Crippen LogP contribution >= 0.6 is 0 Å². The lowest BCUT2D eigenvalue weighted by molar-refractivity contribution is -0.114. The summed E-state index contributed by atoms with van der Waals surface area (Å²) in [5.41, 5.74) is -1.19. The lowest BCUT2D eigenvalue weighted by atomic mass is 10.2. The van der Waals surface area contributed by atoms with Crippen molar-refractivity contribution >= 4 is 11.7 Å². The van der Waals surface area contributed by atoms with Crippen LogP contribution in [0.1, 0.15) is 22.8 Å². The van der Waals surface area contributed by atoms with E-state index in [9.17, 15) is 19.2 Å². The Balaban J connectivity index is 2.11. The van der Waals surface area contributed by atoms with Crippen LogP contribution < -0.4 is 11.2 Å². The highest BCUT2D eigenvalue weighted by molar-refractivity contribution is 5.95. The van der Waals surface area contributed by atoms with Crippen LogP contribution in [0.4, 0.5) is 0 Å². The number of ketones is 1. The number of benzene rings is 1. The van der Waals surface area contributed by atoms with Crippen LogP contribution in [0.15, 0.2) is 64.3 Å². The van der Waals surface area contributed by atoms with Gasteiger partial charge in [-0.2, -0.15) is 4.57 Å². The zero-order valence-corrected chi connectivity index (χ0v) is 11.5. The average Bonchev–Trinajstić information content (AvgIpc) is 2.94. The average molecular weight is 296 g/mol. The SMILES string of the molecule is O=C1C=C[C@H](n2ccc(=O)n(C(=O)c3ccccc3)c2=O)C1. The van der Waals surface area contributed by atoms with E-state index in [1.165, 1.54) is 29.0 Å². The zero-order valence-electron chi connectivity index (χ0n) is 11.5. The predicted octanol–water partition coefficient (Wildman–Crippen LogP) is 0.769. The van der Waals surface area contributed by atoms with Gasteiger partial charge in [0.25, 0.3) is 11.5 Å². The van der Waals surface area contributed by atoms with Crippen molar-refractivity contribution in [1.82, 2.24) is 9.13 Å². The molecule has 0 saturated carbocycles. The molecule has 1 aliphatic carbocycles. The van der Waals surface area contributed by atoms with Crippen molar-refractivity contribution in [2.75, 3.05) is 0 Å². The third kappa shape index (κ3) is 2.35. The molecule has 1 heterocycles. The Hall–Kier alpha value is -3.02. The molecule has 0 saturated heterocycles. The van der Waals surface area contributed by atoms with E-state index in [1.54, 1.807) is 24.3 Å². The number of carbonyl (C=O) groups is 2. The fraction of sp³-hybridized carbons (Fsp3) is 0.125. The van der Waals surface area contributed by atoms with E-state index >= 15 is 0 Å². The quantitative estimate of drug-likeness (QED) is 0.820. The fourth-order valence-electron chi connectivity index (χ4n) is 2.39. The molecule has 1 aromatic heterocycles. The maximum atomic E-state index is 12.5. The van der Waals surface area contributed by atoms with Crippen molar-refractivity contribution in [3.8, 4) is 0 Å². The monoisotopic (exact) mass is 296 g/mol. The molecule has 2 aromatic rings. The third-order valence-electron chi connectivity index (χ3n) is 3.51. The maximum absolute atomic E-state index is 12.5. The van der Waals surface area contributed by atoms with Crippen LogP contribution in [0.2, 0.25) is 0 Å².